The Morgan fingerprint density at radius 1 is 0.594 bits per heavy atom. The summed E-state index contributed by atoms with van der Waals surface area (Å²) in [6.07, 6.45) is -4.48. The third-order valence-electron chi connectivity index (χ3n) is 15.3. The molecule has 2 unspecified atom stereocenters. The van der Waals surface area contributed by atoms with Crippen LogP contribution >= 0.6 is 0 Å². The van der Waals surface area contributed by atoms with Gasteiger partial charge in [0, 0.05) is 53.8 Å². The van der Waals surface area contributed by atoms with Crippen LogP contribution in [0.5, 0.6) is 0 Å². The first-order chi connectivity index (χ1) is 30.1. The maximum atomic E-state index is 14.9. The van der Waals surface area contributed by atoms with Crippen molar-refractivity contribution in [1.82, 2.24) is 20.4 Å². The number of nitrogens with two attached hydrogens (primary N) is 2. The summed E-state index contributed by atoms with van der Waals surface area (Å²) >= 11 is 0. The van der Waals surface area contributed by atoms with Crippen molar-refractivity contribution in [2.24, 2.45) is 22.3 Å². The van der Waals surface area contributed by atoms with Gasteiger partial charge in [-0.1, -0.05) is 76.2 Å². The van der Waals surface area contributed by atoms with E-state index < -0.39 is 112 Å². The second kappa shape index (κ2) is 15.6. The predicted molar refractivity (Wildman–Crippen MR) is 228 cm³/mol. The van der Waals surface area contributed by atoms with Crippen LogP contribution in [0.15, 0.2) is 72.8 Å². The van der Waals surface area contributed by atoms with Gasteiger partial charge in [-0.15, -0.1) is 0 Å². The summed E-state index contributed by atoms with van der Waals surface area (Å²) in [5.74, 6) is -6.10. The summed E-state index contributed by atoms with van der Waals surface area (Å²) in [7, 11) is 0. The van der Waals surface area contributed by atoms with Crippen molar-refractivity contribution in [3.8, 4) is 0 Å². The Balaban J connectivity index is 1.31. The molecule has 3 saturated heterocycles. The van der Waals surface area contributed by atoms with E-state index >= 15 is 0 Å². The van der Waals surface area contributed by atoms with Crippen molar-refractivity contribution in [3.05, 3.63) is 101 Å². The van der Waals surface area contributed by atoms with E-state index in [1.54, 1.807) is 98.2 Å². The number of hydrogen-bond acceptors (Lipinski definition) is 11. The van der Waals surface area contributed by atoms with Gasteiger partial charge in [-0.2, -0.15) is 0 Å². The van der Waals surface area contributed by atoms with Crippen LogP contribution in [-0.2, 0) is 30.3 Å². The fourth-order valence-corrected chi connectivity index (χ4v) is 13.2. The number of imide groups is 2. The highest BCUT2D eigenvalue weighted by Gasteiger charge is 2.68. The molecule has 0 spiro atoms. The zero-order chi connectivity index (χ0) is 46.4. The minimum Gasteiger partial charge on any atom is -0.465 e. The largest absolute Gasteiger partial charge is 0.465 e. The summed E-state index contributed by atoms with van der Waals surface area (Å²) < 4.78 is 14.8. The van der Waals surface area contributed by atoms with E-state index in [0.717, 1.165) is 0 Å². The molecule has 4 aliphatic carbocycles. The Morgan fingerprint density at radius 3 is 1.28 bits per heavy atom. The number of fused-ring (bicyclic) bond motifs is 8. The number of carbonyl (C=O) groups excluding carboxylic acids is 4. The molecule has 18 heteroatoms. The maximum absolute atomic E-state index is 14.9. The number of aliphatic hydroxyl groups is 2. The lowest BCUT2D eigenvalue weighted by Crippen LogP contribution is -2.70. The van der Waals surface area contributed by atoms with Crippen molar-refractivity contribution in [2.45, 2.75) is 113 Å². The molecular formula is C46H54FN7O10. The topological polar surface area (TPSA) is 269 Å². The second-order valence-corrected chi connectivity index (χ2v) is 19.1. The zero-order valence-corrected chi connectivity index (χ0v) is 35.9. The molecule has 0 saturated carbocycles. The van der Waals surface area contributed by atoms with Gasteiger partial charge in [-0.25, -0.2) is 14.0 Å². The van der Waals surface area contributed by atoms with Crippen LogP contribution in [0.25, 0.3) is 0 Å². The van der Waals surface area contributed by atoms with E-state index in [2.05, 4.69) is 10.6 Å². The summed E-state index contributed by atoms with van der Waals surface area (Å²) in [6, 6.07) is 16.3. The molecule has 3 fully saturated rings. The Hall–Kier alpha value is -5.95. The second-order valence-electron chi connectivity index (χ2n) is 19.1. The van der Waals surface area contributed by atoms with Crippen LogP contribution in [0.1, 0.15) is 87.5 Å². The van der Waals surface area contributed by atoms with E-state index in [1.807, 2.05) is 4.90 Å². The molecule has 10 N–H and O–H groups in total. The molecule has 4 bridgehead atoms. The minimum absolute atomic E-state index is 0.0766. The quantitative estimate of drug-likeness (QED) is 0.154. The Bertz CT molecular complexity index is 2250. The highest BCUT2D eigenvalue weighted by Crippen LogP contribution is 2.60. The normalized spacial score (nSPS) is 32.8. The number of rotatable bonds is 9. The number of benzene rings is 3. The summed E-state index contributed by atoms with van der Waals surface area (Å²) in [6.45, 7) is 6.47. The van der Waals surface area contributed by atoms with Crippen LogP contribution in [0.4, 0.5) is 19.7 Å². The van der Waals surface area contributed by atoms with E-state index in [4.69, 9.17) is 11.5 Å². The first-order valence-corrected chi connectivity index (χ1v) is 21.4. The minimum atomic E-state index is -1.93. The van der Waals surface area contributed by atoms with Gasteiger partial charge >= 0.3 is 12.2 Å². The van der Waals surface area contributed by atoms with Gasteiger partial charge in [0.05, 0.1) is 24.0 Å². The average molecular weight is 884 g/mol. The van der Waals surface area contributed by atoms with E-state index in [9.17, 15) is 53.6 Å². The van der Waals surface area contributed by atoms with Crippen LogP contribution in [0.2, 0.25) is 0 Å². The van der Waals surface area contributed by atoms with Crippen molar-refractivity contribution < 1.29 is 53.6 Å². The SMILES string of the molecule is CC1(C)C(C(N)=O)c2ccc(cc2)[C@@]1(C(=O)NC(=O)O)N1C[C@@H](O)C[C@H]1[C@@H]1CC[C@@H]([C@@H]2C[C@H](O)CN2[C@]2(C(=O)NC(=O)O)c3ccc(cc3)C(C(N)=O)C2(C)C)N1c1ccc(F)cc1. The van der Waals surface area contributed by atoms with Crippen LogP contribution in [0.3, 0.4) is 0 Å². The molecule has 0 radical (unpaired) electrons. The molecule has 7 aliphatic rings. The zero-order valence-electron chi connectivity index (χ0n) is 35.9. The van der Waals surface area contributed by atoms with Gasteiger partial charge in [0.1, 0.15) is 16.9 Å². The number of carbonyl (C=O) groups is 6. The Morgan fingerprint density at radius 2 is 0.953 bits per heavy atom. The first kappa shape index (κ1) is 44.6. The Kier molecular flexibility index (Phi) is 10.9. The molecule has 64 heavy (non-hydrogen) atoms. The Labute approximate surface area is 368 Å². The number of aliphatic hydroxyl groups excluding tert-OH is 2. The first-order valence-electron chi connectivity index (χ1n) is 21.4. The number of nitrogens with one attached hydrogen (secondary N) is 2. The molecular weight excluding hydrogens is 830 g/mol. The highest BCUT2D eigenvalue weighted by atomic mass is 19.1. The number of carboxylic acid groups (broad SMARTS) is 2. The summed E-state index contributed by atoms with van der Waals surface area (Å²) in [5, 5.41) is 47.7. The monoisotopic (exact) mass is 883 g/mol. The molecule has 6 amide bonds. The van der Waals surface area contributed by atoms with Crippen molar-refractivity contribution in [1.29, 1.82) is 0 Å². The van der Waals surface area contributed by atoms with Crippen LogP contribution < -0.4 is 27.0 Å². The molecule has 3 aromatic rings. The molecule has 340 valence electrons. The number of likely N-dealkylation sites (tertiary alicyclic amines) is 2. The molecule has 17 nitrogen and oxygen atoms in total. The standard InChI is InChI=1S/C46H54FN7O10/c1-43(2)35(37(48)57)23-5-9-25(10-6-23)45(43,39(59)50-41(61)62)52-21-29(55)19-33(52)31-17-18-32(54(31)28-15-13-27(47)14-16-28)34-20-30(56)22-53(34)46(40(60)51-42(63)64)26-11-7-24(8-12-26)36(38(49)58)44(46,3)4/h5-16,29-36,55-56H,17-22H2,1-4H3,(H2,48,57)(H2,49,58)(H,50,59)(H,51,60)(H,61,62)(H,63,64)/t29-,30-,31-,32-,33-,34-,35?,36?,45-,46-/m0/s1. The number of nitrogens with zero attached hydrogens (tertiary/aromatic N) is 3. The molecule has 3 heterocycles. The van der Waals surface area contributed by atoms with Gasteiger partial charge in [0.2, 0.25) is 11.8 Å². The summed E-state index contributed by atoms with van der Waals surface area (Å²) in [4.78, 5) is 87.1. The van der Waals surface area contributed by atoms with Crippen molar-refractivity contribution in [2.75, 3.05) is 18.0 Å². The fraction of sp³-hybridized carbons (Fsp3) is 0.478. The fourth-order valence-electron chi connectivity index (χ4n) is 13.2. The predicted octanol–water partition coefficient (Wildman–Crippen LogP) is 2.63. The van der Waals surface area contributed by atoms with Gasteiger partial charge < -0.3 is 36.8 Å². The molecule has 10 atom stereocenters. The van der Waals surface area contributed by atoms with Gasteiger partial charge in [-0.05, 0) is 72.2 Å². The lowest BCUT2D eigenvalue weighted by Gasteiger charge is -2.56. The van der Waals surface area contributed by atoms with Gasteiger partial charge in [0.15, 0.2) is 0 Å². The molecule has 3 aliphatic heterocycles. The number of β-amino-alcohol motifs (C(OH)–C–C–N with tert-alkyl or cyclic N) is 2. The third-order valence-corrected chi connectivity index (χ3v) is 15.3. The van der Waals surface area contributed by atoms with Crippen molar-refractivity contribution >= 4 is 41.5 Å². The van der Waals surface area contributed by atoms with Gasteiger partial charge in [0.25, 0.3) is 11.8 Å². The number of hydrogen-bond donors (Lipinski definition) is 8. The number of primary amides is 2. The number of amides is 6. The van der Waals surface area contributed by atoms with E-state index in [0.29, 0.717) is 40.8 Å². The molecule has 0 aromatic heterocycles. The molecule has 3 aromatic carbocycles. The highest BCUT2D eigenvalue weighted by molar-refractivity contribution is 6.01. The average Bonchev–Trinajstić information content (AvgIpc) is 3.85. The lowest BCUT2D eigenvalue weighted by molar-refractivity contribution is -0.151. The van der Waals surface area contributed by atoms with Gasteiger partial charge in [-0.3, -0.25) is 39.6 Å². The maximum Gasteiger partial charge on any atom is 0.411 e. The van der Waals surface area contributed by atoms with E-state index in [1.165, 1.54) is 12.1 Å². The van der Waals surface area contributed by atoms with Crippen LogP contribution in [-0.4, -0.2) is 116 Å². The molecule has 10 rings (SSSR count). The third kappa shape index (κ3) is 6.39. The van der Waals surface area contributed by atoms with E-state index in [-0.39, 0.29) is 25.9 Å². The number of anilines is 1. The lowest BCUT2D eigenvalue weighted by atomic mass is 9.60. The van der Waals surface area contributed by atoms with Crippen LogP contribution in [0, 0.1) is 16.6 Å². The number of halogens is 1. The smallest absolute Gasteiger partial charge is 0.411 e. The summed E-state index contributed by atoms with van der Waals surface area (Å²) in [5.41, 5.74) is 7.76. The van der Waals surface area contributed by atoms with Crippen molar-refractivity contribution in [3.63, 3.8) is 0 Å².